The number of piperidine rings is 1. The summed E-state index contributed by atoms with van der Waals surface area (Å²) in [7, 11) is 0. The van der Waals surface area contributed by atoms with Crippen molar-refractivity contribution in [3.63, 3.8) is 0 Å². The maximum atomic E-state index is 11.5. The van der Waals surface area contributed by atoms with Crippen LogP contribution >= 0.6 is 0 Å². The average Bonchev–Trinajstić information content (AvgIpc) is 2.77. The molecule has 0 radical (unpaired) electrons. The third-order valence-electron chi connectivity index (χ3n) is 7.05. The van der Waals surface area contributed by atoms with Crippen LogP contribution in [0.3, 0.4) is 0 Å². The van der Waals surface area contributed by atoms with Gasteiger partial charge >= 0.3 is 0 Å². The predicted molar refractivity (Wildman–Crippen MR) is 87.0 cm³/mol. The van der Waals surface area contributed by atoms with E-state index in [1.54, 1.807) is 0 Å². The van der Waals surface area contributed by atoms with Crippen LogP contribution in [0.25, 0.3) is 0 Å². The van der Waals surface area contributed by atoms with Gasteiger partial charge in [-0.15, -0.1) is 0 Å². The van der Waals surface area contributed by atoms with E-state index in [9.17, 15) is 5.11 Å². The molecule has 21 heavy (non-hydrogen) atoms. The third-order valence-corrected chi connectivity index (χ3v) is 7.05. The molecule has 3 aliphatic rings. The molecule has 2 atom stereocenters. The van der Waals surface area contributed by atoms with Crippen LogP contribution in [0, 0.1) is 16.7 Å². The summed E-state index contributed by atoms with van der Waals surface area (Å²) in [5, 5.41) is 15.2. The molecule has 0 aromatic rings. The highest BCUT2D eigenvalue weighted by molar-refractivity contribution is 5.10. The number of hydrogen-bond donors (Lipinski definition) is 3. The van der Waals surface area contributed by atoms with Crippen molar-refractivity contribution in [1.29, 1.82) is 0 Å². The molecule has 0 amide bonds. The molecule has 2 saturated heterocycles. The zero-order chi connectivity index (χ0) is 15.3. The lowest BCUT2D eigenvalue weighted by Gasteiger charge is -2.55. The number of hydrogen-bond acceptors (Lipinski definition) is 3. The summed E-state index contributed by atoms with van der Waals surface area (Å²) >= 11 is 0. The average molecular weight is 294 g/mol. The fourth-order valence-corrected chi connectivity index (χ4v) is 5.45. The second-order valence-corrected chi connectivity index (χ2v) is 9.20. The summed E-state index contributed by atoms with van der Waals surface area (Å²) in [5.41, 5.74) is 6.07. The van der Waals surface area contributed by atoms with E-state index in [2.05, 4.69) is 26.1 Å². The molecule has 3 fully saturated rings. The quantitative estimate of drug-likeness (QED) is 0.734. The fraction of sp³-hybridized carbons (Fsp3) is 1.00. The van der Waals surface area contributed by atoms with Crippen molar-refractivity contribution >= 4 is 0 Å². The van der Waals surface area contributed by atoms with Crippen LogP contribution < -0.4 is 11.1 Å². The Kier molecular flexibility index (Phi) is 3.91. The van der Waals surface area contributed by atoms with Crippen LogP contribution in [0.1, 0.15) is 72.1 Å². The van der Waals surface area contributed by atoms with Crippen LogP contribution in [0.5, 0.6) is 0 Å². The molecule has 2 unspecified atom stereocenters. The molecule has 1 aliphatic carbocycles. The summed E-state index contributed by atoms with van der Waals surface area (Å²) in [4.78, 5) is 0. The molecule has 0 aromatic carbocycles. The van der Waals surface area contributed by atoms with E-state index in [1.165, 1.54) is 25.7 Å². The van der Waals surface area contributed by atoms with Crippen molar-refractivity contribution in [2.24, 2.45) is 22.5 Å². The Bertz CT molecular complexity index is 367. The Balaban J connectivity index is 1.76. The number of nitrogens with two attached hydrogens (primary N) is 1. The van der Waals surface area contributed by atoms with E-state index in [1.807, 2.05) is 0 Å². The first-order valence-corrected chi connectivity index (χ1v) is 8.97. The zero-order valence-corrected chi connectivity index (χ0v) is 14.1. The molecule has 122 valence electrons. The van der Waals surface area contributed by atoms with Gasteiger partial charge in [-0.2, -0.15) is 0 Å². The van der Waals surface area contributed by atoms with Crippen LogP contribution in [0.15, 0.2) is 0 Å². The smallest absolute Gasteiger partial charge is 0.0745 e. The molecule has 4 N–H and O–H groups in total. The van der Waals surface area contributed by atoms with Gasteiger partial charge in [0.1, 0.15) is 0 Å². The second-order valence-electron chi connectivity index (χ2n) is 9.20. The van der Waals surface area contributed by atoms with Gasteiger partial charge in [-0.1, -0.05) is 20.8 Å². The summed E-state index contributed by atoms with van der Waals surface area (Å²) in [6.07, 6.45) is 8.98. The van der Waals surface area contributed by atoms with Crippen LogP contribution in [-0.2, 0) is 0 Å². The molecule has 2 bridgehead atoms. The van der Waals surface area contributed by atoms with Gasteiger partial charge in [-0.3, -0.25) is 0 Å². The van der Waals surface area contributed by atoms with Gasteiger partial charge in [-0.25, -0.2) is 0 Å². The minimum atomic E-state index is -0.526. The van der Waals surface area contributed by atoms with Crippen LogP contribution in [0.2, 0.25) is 0 Å². The van der Waals surface area contributed by atoms with Gasteiger partial charge in [0.2, 0.25) is 0 Å². The van der Waals surface area contributed by atoms with Gasteiger partial charge in [0, 0.05) is 24.0 Å². The second kappa shape index (κ2) is 5.21. The molecule has 3 rings (SSSR count). The first-order chi connectivity index (χ1) is 9.78. The molecule has 0 spiro atoms. The largest absolute Gasteiger partial charge is 0.389 e. The highest BCUT2D eigenvalue weighted by Crippen LogP contribution is 2.54. The number of rotatable bonds is 2. The van der Waals surface area contributed by atoms with Crippen molar-refractivity contribution in [3.05, 3.63) is 0 Å². The summed E-state index contributed by atoms with van der Waals surface area (Å²) in [6.45, 7) is 7.71. The topological polar surface area (TPSA) is 58.3 Å². The first kappa shape index (κ1) is 15.8. The van der Waals surface area contributed by atoms with Crippen LogP contribution in [0.4, 0.5) is 0 Å². The lowest BCUT2D eigenvalue weighted by atomic mass is 9.55. The molecule has 2 aliphatic heterocycles. The maximum absolute atomic E-state index is 11.5. The van der Waals surface area contributed by atoms with Crippen molar-refractivity contribution in [2.75, 3.05) is 6.54 Å². The maximum Gasteiger partial charge on any atom is 0.0745 e. The van der Waals surface area contributed by atoms with E-state index in [4.69, 9.17) is 5.73 Å². The highest BCUT2D eigenvalue weighted by atomic mass is 16.3. The van der Waals surface area contributed by atoms with E-state index in [0.29, 0.717) is 24.0 Å². The van der Waals surface area contributed by atoms with E-state index >= 15 is 0 Å². The Morgan fingerprint density at radius 1 is 1.05 bits per heavy atom. The Hall–Kier alpha value is -0.120. The molecular weight excluding hydrogens is 260 g/mol. The van der Waals surface area contributed by atoms with E-state index in [0.717, 1.165) is 31.6 Å². The van der Waals surface area contributed by atoms with Gasteiger partial charge < -0.3 is 16.2 Å². The first-order valence-electron chi connectivity index (χ1n) is 8.97. The summed E-state index contributed by atoms with van der Waals surface area (Å²) < 4.78 is 0. The molecular formula is C18H34N2O. The Morgan fingerprint density at radius 2 is 1.57 bits per heavy atom. The van der Waals surface area contributed by atoms with Crippen molar-refractivity contribution in [1.82, 2.24) is 5.32 Å². The standard InChI is InChI=1S/C18H34N2O/c1-16(2,3)13-6-8-17(12-19,9-7-13)18(21)10-14-4-5-15(11-18)20-14/h13-15,20-21H,4-12,19H2,1-3H3. The molecule has 2 heterocycles. The fourth-order valence-electron chi connectivity index (χ4n) is 5.45. The van der Waals surface area contributed by atoms with Gasteiger partial charge in [0.05, 0.1) is 5.60 Å². The van der Waals surface area contributed by atoms with Crippen molar-refractivity contribution < 1.29 is 5.11 Å². The van der Waals surface area contributed by atoms with Gasteiger partial charge in [0.15, 0.2) is 0 Å². The van der Waals surface area contributed by atoms with E-state index < -0.39 is 5.60 Å². The summed E-state index contributed by atoms with van der Waals surface area (Å²) in [6, 6.07) is 1.05. The van der Waals surface area contributed by atoms with Gasteiger partial charge in [0.25, 0.3) is 0 Å². The molecule has 3 heteroatoms. The minimum absolute atomic E-state index is 0.0301. The van der Waals surface area contributed by atoms with E-state index in [-0.39, 0.29) is 5.41 Å². The normalized spacial score (nSPS) is 47.6. The highest BCUT2D eigenvalue weighted by Gasteiger charge is 2.55. The number of aliphatic hydroxyl groups is 1. The molecule has 1 saturated carbocycles. The van der Waals surface area contributed by atoms with Crippen LogP contribution in [-0.4, -0.2) is 29.3 Å². The Labute approximate surface area is 130 Å². The summed E-state index contributed by atoms with van der Waals surface area (Å²) in [5.74, 6) is 0.777. The van der Waals surface area contributed by atoms with Crippen molar-refractivity contribution in [2.45, 2.75) is 89.8 Å². The zero-order valence-electron chi connectivity index (χ0n) is 14.1. The lowest BCUT2D eigenvalue weighted by Crippen LogP contribution is -2.61. The third kappa shape index (κ3) is 2.66. The lowest BCUT2D eigenvalue weighted by molar-refractivity contribution is -0.135. The molecule has 0 aromatic heterocycles. The van der Waals surface area contributed by atoms with Crippen molar-refractivity contribution in [3.8, 4) is 0 Å². The minimum Gasteiger partial charge on any atom is -0.389 e. The monoisotopic (exact) mass is 294 g/mol. The predicted octanol–water partition coefficient (Wildman–Crippen LogP) is 2.81. The van der Waals surface area contributed by atoms with Gasteiger partial charge in [-0.05, 0) is 62.7 Å². The molecule has 3 nitrogen and oxygen atoms in total. The Morgan fingerprint density at radius 3 is 2.00 bits per heavy atom. The number of fused-ring (bicyclic) bond motifs is 2. The SMILES string of the molecule is CC(C)(C)C1CCC(CN)(C2(O)CC3CCC(C2)N3)CC1. The number of nitrogens with one attached hydrogen (secondary N) is 1.